The molecular weight excluding hydrogens is 520 g/mol. The summed E-state index contributed by atoms with van der Waals surface area (Å²) in [4.78, 5) is 25.5. The summed E-state index contributed by atoms with van der Waals surface area (Å²) in [7, 11) is 0. The fourth-order valence-corrected chi connectivity index (χ4v) is 4.56. The van der Waals surface area contributed by atoms with Crippen molar-refractivity contribution in [2.24, 2.45) is 5.10 Å². The van der Waals surface area contributed by atoms with Crippen molar-refractivity contribution in [3.63, 3.8) is 0 Å². The maximum absolute atomic E-state index is 15.0. The minimum Gasteiger partial charge on any atom is -0.505 e. The van der Waals surface area contributed by atoms with Crippen LogP contribution in [0.5, 0.6) is 11.5 Å². The largest absolute Gasteiger partial charge is 0.511 e. The van der Waals surface area contributed by atoms with Crippen LogP contribution in [0.1, 0.15) is 24.5 Å². The molecule has 0 unspecified atom stereocenters. The van der Waals surface area contributed by atoms with Crippen LogP contribution in [0.2, 0.25) is 0 Å². The number of hydrogen-bond acceptors (Lipinski definition) is 6. The molecule has 0 saturated carbocycles. The number of benzene rings is 4. The van der Waals surface area contributed by atoms with E-state index >= 15 is 4.39 Å². The first-order valence-electron chi connectivity index (χ1n) is 12.4. The highest BCUT2D eigenvalue weighted by molar-refractivity contribution is 6.55. The van der Waals surface area contributed by atoms with Gasteiger partial charge >= 0.3 is 6.16 Å². The van der Waals surface area contributed by atoms with Crippen molar-refractivity contribution in [3.05, 3.63) is 102 Å². The standard InChI is InChI=1S/C30H23F2N3O5/c1-2-5-17-10-12-20(13-11-17)35-27-23(15-19(31)16-24(27)32)26(29(35)37)34-33-25-9-4-8-22(28(25)36)18-6-3-7-21(14-18)40-30(38)39/h3-4,6-16,33,36H,2,5H2,1H3,(H,38,39). The van der Waals surface area contributed by atoms with Gasteiger partial charge in [-0.05, 0) is 53.9 Å². The maximum Gasteiger partial charge on any atom is 0.511 e. The molecule has 0 bridgehead atoms. The Bertz CT molecular complexity index is 1650. The molecular formula is C30H23F2N3O5. The Morgan fingerprint density at radius 1 is 1.00 bits per heavy atom. The Hall–Kier alpha value is -5.25. The number of carbonyl (C=O) groups is 2. The zero-order chi connectivity index (χ0) is 28.4. The predicted molar refractivity (Wildman–Crippen MR) is 146 cm³/mol. The number of phenolic OH excluding ortho intramolecular Hbond substituents is 1. The normalized spacial score (nSPS) is 13.4. The van der Waals surface area contributed by atoms with Crippen LogP contribution in [-0.2, 0) is 11.2 Å². The van der Waals surface area contributed by atoms with Crippen LogP contribution in [0, 0.1) is 11.6 Å². The van der Waals surface area contributed by atoms with Gasteiger partial charge in [-0.1, -0.05) is 49.7 Å². The molecule has 0 atom stereocenters. The number of halogens is 2. The van der Waals surface area contributed by atoms with Gasteiger partial charge in [0.2, 0.25) is 0 Å². The molecule has 40 heavy (non-hydrogen) atoms. The van der Waals surface area contributed by atoms with Crippen LogP contribution in [-0.4, -0.2) is 28.0 Å². The van der Waals surface area contributed by atoms with Gasteiger partial charge in [-0.15, -0.1) is 0 Å². The quantitative estimate of drug-likeness (QED) is 0.102. The van der Waals surface area contributed by atoms with E-state index in [1.165, 1.54) is 18.2 Å². The minimum atomic E-state index is -1.48. The smallest absolute Gasteiger partial charge is 0.505 e. The zero-order valence-electron chi connectivity index (χ0n) is 21.2. The number of nitrogens with one attached hydrogen (secondary N) is 1. The Morgan fingerprint density at radius 2 is 1.75 bits per heavy atom. The lowest BCUT2D eigenvalue weighted by Gasteiger charge is -2.18. The highest BCUT2D eigenvalue weighted by Crippen LogP contribution is 2.40. The number of aryl methyl sites for hydroxylation is 1. The number of phenols is 1. The van der Waals surface area contributed by atoms with Crippen molar-refractivity contribution >= 4 is 34.8 Å². The van der Waals surface area contributed by atoms with E-state index in [1.807, 2.05) is 19.1 Å². The third kappa shape index (κ3) is 5.06. The molecule has 0 aliphatic carbocycles. The predicted octanol–water partition coefficient (Wildman–Crippen LogP) is 6.84. The molecule has 0 aromatic heterocycles. The van der Waals surface area contributed by atoms with Crippen LogP contribution >= 0.6 is 0 Å². The second-order valence-electron chi connectivity index (χ2n) is 9.01. The van der Waals surface area contributed by atoms with Crippen molar-refractivity contribution < 1.29 is 33.3 Å². The number of rotatable bonds is 7. The van der Waals surface area contributed by atoms with Gasteiger partial charge in [0.25, 0.3) is 5.91 Å². The molecule has 8 nitrogen and oxygen atoms in total. The molecule has 0 radical (unpaired) electrons. The average molecular weight is 544 g/mol. The highest BCUT2D eigenvalue weighted by Gasteiger charge is 2.38. The molecule has 1 amide bonds. The number of aromatic hydroxyl groups is 1. The lowest BCUT2D eigenvalue weighted by molar-refractivity contribution is -0.111. The van der Waals surface area contributed by atoms with Crippen LogP contribution < -0.4 is 15.1 Å². The summed E-state index contributed by atoms with van der Waals surface area (Å²) in [5.41, 5.74) is 4.57. The number of carbonyl (C=O) groups excluding carboxylic acids is 1. The van der Waals surface area contributed by atoms with Crippen molar-refractivity contribution in [1.82, 2.24) is 0 Å². The van der Waals surface area contributed by atoms with E-state index in [4.69, 9.17) is 5.11 Å². The van der Waals surface area contributed by atoms with Crippen molar-refractivity contribution in [1.29, 1.82) is 0 Å². The van der Waals surface area contributed by atoms with Gasteiger partial charge in [0, 0.05) is 22.9 Å². The summed E-state index contributed by atoms with van der Waals surface area (Å²) < 4.78 is 33.9. The maximum atomic E-state index is 15.0. The van der Waals surface area contributed by atoms with Gasteiger partial charge in [0.1, 0.15) is 17.3 Å². The zero-order valence-corrected chi connectivity index (χ0v) is 21.2. The highest BCUT2D eigenvalue weighted by atomic mass is 19.1. The van der Waals surface area contributed by atoms with E-state index in [9.17, 15) is 19.1 Å². The topological polar surface area (TPSA) is 111 Å². The summed E-state index contributed by atoms with van der Waals surface area (Å²) >= 11 is 0. The number of hydrogen-bond donors (Lipinski definition) is 3. The van der Waals surface area contributed by atoms with Crippen LogP contribution in [0.25, 0.3) is 11.1 Å². The van der Waals surface area contributed by atoms with Crippen molar-refractivity contribution in [2.75, 3.05) is 10.3 Å². The Balaban J connectivity index is 1.51. The lowest BCUT2D eigenvalue weighted by atomic mass is 10.0. The van der Waals surface area contributed by atoms with Crippen LogP contribution in [0.15, 0.2) is 84.0 Å². The number of carboxylic acid groups (broad SMARTS) is 1. The first-order valence-corrected chi connectivity index (χ1v) is 12.4. The number of amides is 1. The number of nitrogens with zero attached hydrogens (tertiary/aromatic N) is 2. The molecule has 1 heterocycles. The van der Waals surface area contributed by atoms with Crippen LogP contribution in [0.3, 0.4) is 0 Å². The molecule has 0 saturated heterocycles. The van der Waals surface area contributed by atoms with E-state index in [1.54, 1.807) is 36.4 Å². The van der Waals surface area contributed by atoms with E-state index in [2.05, 4.69) is 15.3 Å². The molecule has 4 aromatic carbocycles. The van der Waals surface area contributed by atoms with E-state index in [0.717, 1.165) is 29.4 Å². The molecule has 3 N–H and O–H groups in total. The summed E-state index contributed by atoms with van der Waals surface area (Å²) in [5.74, 6) is -2.66. The Kier molecular flexibility index (Phi) is 7.15. The first kappa shape index (κ1) is 26.4. The summed E-state index contributed by atoms with van der Waals surface area (Å²) in [5, 5.41) is 24.0. The third-order valence-corrected chi connectivity index (χ3v) is 6.32. The summed E-state index contributed by atoms with van der Waals surface area (Å²) in [6.45, 7) is 2.05. The number of para-hydroxylation sites is 1. The molecule has 10 heteroatoms. The summed E-state index contributed by atoms with van der Waals surface area (Å²) in [6.07, 6.45) is 0.310. The van der Waals surface area contributed by atoms with E-state index in [0.29, 0.717) is 22.9 Å². The molecule has 0 spiro atoms. The number of fused-ring (bicyclic) bond motifs is 1. The van der Waals surface area contributed by atoms with Crippen molar-refractivity contribution in [2.45, 2.75) is 19.8 Å². The second kappa shape index (κ2) is 10.9. The Morgan fingerprint density at radius 3 is 2.48 bits per heavy atom. The first-order chi connectivity index (χ1) is 19.3. The van der Waals surface area contributed by atoms with Gasteiger partial charge in [0.05, 0.1) is 11.4 Å². The van der Waals surface area contributed by atoms with Gasteiger partial charge < -0.3 is 14.9 Å². The lowest BCUT2D eigenvalue weighted by Crippen LogP contribution is -2.26. The molecule has 5 rings (SSSR count). The van der Waals surface area contributed by atoms with E-state index in [-0.39, 0.29) is 34.1 Å². The molecule has 0 fully saturated rings. The average Bonchev–Trinajstić information content (AvgIpc) is 3.19. The molecule has 202 valence electrons. The van der Waals surface area contributed by atoms with E-state index < -0.39 is 23.7 Å². The molecule has 1 aliphatic heterocycles. The summed E-state index contributed by atoms with van der Waals surface area (Å²) in [6, 6.07) is 19.6. The van der Waals surface area contributed by atoms with Gasteiger partial charge in [-0.2, -0.15) is 5.10 Å². The fraction of sp³-hybridized carbons (Fsp3) is 0.100. The third-order valence-electron chi connectivity index (χ3n) is 6.32. The van der Waals surface area contributed by atoms with Crippen molar-refractivity contribution in [3.8, 4) is 22.6 Å². The van der Waals surface area contributed by atoms with Crippen LogP contribution in [0.4, 0.5) is 30.6 Å². The number of ether oxygens (including phenoxy) is 1. The Labute approximate surface area is 227 Å². The number of hydrazone groups is 1. The molecule has 1 aliphatic rings. The monoisotopic (exact) mass is 543 g/mol. The SMILES string of the molecule is CCCc1ccc(N2C(=O)C(=NNc3cccc(-c4cccc(OC(=O)O)c4)c3O)c3cc(F)cc(F)c32)cc1. The molecule has 4 aromatic rings. The second-order valence-corrected chi connectivity index (χ2v) is 9.01. The van der Waals surface area contributed by atoms with Gasteiger partial charge in [-0.3, -0.25) is 15.1 Å². The minimum absolute atomic E-state index is 0.0400. The van der Waals surface area contributed by atoms with Gasteiger partial charge in [-0.25, -0.2) is 13.6 Å². The fourth-order valence-electron chi connectivity index (χ4n) is 4.56. The number of anilines is 3. The van der Waals surface area contributed by atoms with Gasteiger partial charge in [0.15, 0.2) is 11.5 Å².